The van der Waals surface area contributed by atoms with Crippen molar-refractivity contribution in [2.45, 2.75) is 17.8 Å². The Hall–Kier alpha value is -0.920. The third kappa shape index (κ3) is 2.81. The van der Waals surface area contributed by atoms with Crippen LogP contribution < -0.4 is 5.73 Å². The summed E-state index contributed by atoms with van der Waals surface area (Å²) >= 11 is 8.49. The molecule has 0 saturated heterocycles. The minimum atomic E-state index is 0.470. The first kappa shape index (κ1) is 11.6. The summed E-state index contributed by atoms with van der Waals surface area (Å²) in [6.07, 6.45) is 0. The number of hydrogen-bond donors (Lipinski definition) is 1. The number of thioether (sulfide) groups is 1. The standard InChI is InChI=1S/C8H8ClN5S2/c1-4-2-6(10)12-8(11-4)15-3-5-7(9)16-14-13-5/h2H,3H2,1H3,(H2,10,11,12). The highest BCUT2D eigenvalue weighted by Gasteiger charge is 2.07. The highest BCUT2D eigenvalue weighted by atomic mass is 35.5. The first-order chi connectivity index (χ1) is 7.65. The molecule has 0 spiro atoms. The summed E-state index contributed by atoms with van der Waals surface area (Å²) in [7, 11) is 0. The van der Waals surface area contributed by atoms with Crippen LogP contribution in [-0.4, -0.2) is 19.6 Å². The molecule has 0 aromatic carbocycles. The molecule has 8 heteroatoms. The van der Waals surface area contributed by atoms with Gasteiger partial charge in [0.2, 0.25) is 0 Å². The van der Waals surface area contributed by atoms with Crippen LogP contribution in [0.4, 0.5) is 5.82 Å². The second kappa shape index (κ2) is 4.94. The fourth-order valence-corrected chi connectivity index (χ4v) is 2.69. The maximum absolute atomic E-state index is 5.88. The zero-order valence-corrected chi connectivity index (χ0v) is 10.7. The fourth-order valence-electron chi connectivity index (χ4n) is 1.05. The van der Waals surface area contributed by atoms with E-state index < -0.39 is 0 Å². The molecule has 2 heterocycles. The van der Waals surface area contributed by atoms with E-state index in [1.165, 1.54) is 23.3 Å². The van der Waals surface area contributed by atoms with Crippen LogP contribution in [0, 0.1) is 6.92 Å². The quantitative estimate of drug-likeness (QED) is 0.682. The topological polar surface area (TPSA) is 77.6 Å². The second-order valence-corrected chi connectivity index (χ2v) is 5.30. The number of halogens is 1. The zero-order chi connectivity index (χ0) is 11.5. The second-order valence-electron chi connectivity index (χ2n) is 3.00. The van der Waals surface area contributed by atoms with E-state index in [0.29, 0.717) is 21.1 Å². The van der Waals surface area contributed by atoms with Gasteiger partial charge >= 0.3 is 0 Å². The number of anilines is 1. The summed E-state index contributed by atoms with van der Waals surface area (Å²) in [6.45, 7) is 1.87. The van der Waals surface area contributed by atoms with Crippen LogP contribution in [0.5, 0.6) is 0 Å². The van der Waals surface area contributed by atoms with Gasteiger partial charge in [0.15, 0.2) is 5.16 Å². The lowest BCUT2D eigenvalue weighted by Gasteiger charge is -2.01. The van der Waals surface area contributed by atoms with Crippen molar-refractivity contribution in [3.8, 4) is 0 Å². The van der Waals surface area contributed by atoms with Gasteiger partial charge in [-0.2, -0.15) is 0 Å². The van der Waals surface area contributed by atoms with Crippen molar-refractivity contribution in [1.29, 1.82) is 0 Å². The van der Waals surface area contributed by atoms with Gasteiger partial charge in [-0.15, -0.1) is 5.10 Å². The minimum absolute atomic E-state index is 0.470. The molecule has 16 heavy (non-hydrogen) atoms. The van der Waals surface area contributed by atoms with Crippen molar-refractivity contribution >= 4 is 40.7 Å². The van der Waals surface area contributed by atoms with Gasteiger partial charge in [-0.3, -0.25) is 0 Å². The number of rotatable bonds is 3. The fraction of sp³-hybridized carbons (Fsp3) is 0.250. The number of hydrogen-bond acceptors (Lipinski definition) is 7. The number of aryl methyl sites for hydroxylation is 1. The summed E-state index contributed by atoms with van der Waals surface area (Å²) in [4.78, 5) is 8.35. The molecule has 0 unspecified atom stereocenters. The lowest BCUT2D eigenvalue weighted by Crippen LogP contribution is -1.96. The average molecular weight is 274 g/mol. The first-order valence-electron chi connectivity index (χ1n) is 4.36. The van der Waals surface area contributed by atoms with E-state index in [2.05, 4.69) is 19.6 Å². The van der Waals surface area contributed by atoms with E-state index in [1.807, 2.05) is 6.92 Å². The van der Waals surface area contributed by atoms with Gasteiger partial charge in [0.25, 0.3) is 0 Å². The Kier molecular flexibility index (Phi) is 3.57. The molecule has 2 aromatic rings. The van der Waals surface area contributed by atoms with Crippen LogP contribution in [0.15, 0.2) is 11.2 Å². The van der Waals surface area contributed by atoms with Crippen molar-refractivity contribution in [2.75, 3.05) is 5.73 Å². The van der Waals surface area contributed by atoms with Crippen LogP contribution in [0.1, 0.15) is 11.4 Å². The normalized spacial score (nSPS) is 10.6. The summed E-state index contributed by atoms with van der Waals surface area (Å²) in [5.74, 6) is 1.07. The lowest BCUT2D eigenvalue weighted by atomic mass is 10.4. The number of aromatic nitrogens is 4. The summed E-state index contributed by atoms with van der Waals surface area (Å²) in [6, 6.07) is 1.72. The Labute approximate surface area is 106 Å². The Morgan fingerprint density at radius 3 is 2.94 bits per heavy atom. The monoisotopic (exact) mass is 273 g/mol. The predicted molar refractivity (Wildman–Crippen MR) is 65.7 cm³/mol. The molecule has 0 saturated carbocycles. The predicted octanol–water partition coefficient (Wildman–Crippen LogP) is 2.16. The first-order valence-corrected chi connectivity index (χ1v) is 6.49. The maximum Gasteiger partial charge on any atom is 0.190 e. The molecule has 0 aliphatic heterocycles. The summed E-state index contributed by atoms with van der Waals surface area (Å²) in [5.41, 5.74) is 7.22. The zero-order valence-electron chi connectivity index (χ0n) is 8.35. The molecule has 2 rings (SSSR count). The van der Waals surface area contributed by atoms with Gasteiger partial charge in [0.1, 0.15) is 15.8 Å². The van der Waals surface area contributed by atoms with E-state index in [4.69, 9.17) is 17.3 Å². The molecule has 2 aromatic heterocycles. The van der Waals surface area contributed by atoms with E-state index in [0.717, 1.165) is 11.4 Å². The summed E-state index contributed by atoms with van der Waals surface area (Å²) in [5, 5.41) is 4.53. The summed E-state index contributed by atoms with van der Waals surface area (Å²) < 4.78 is 4.35. The molecule has 5 nitrogen and oxygen atoms in total. The lowest BCUT2D eigenvalue weighted by molar-refractivity contribution is 0.938. The van der Waals surface area contributed by atoms with Crippen LogP contribution in [-0.2, 0) is 5.75 Å². The van der Waals surface area contributed by atoms with Crippen molar-refractivity contribution < 1.29 is 0 Å². The Morgan fingerprint density at radius 1 is 1.50 bits per heavy atom. The van der Waals surface area contributed by atoms with E-state index in [-0.39, 0.29) is 0 Å². The molecule has 2 N–H and O–H groups in total. The van der Waals surface area contributed by atoms with Crippen LogP contribution in [0.3, 0.4) is 0 Å². The van der Waals surface area contributed by atoms with Crippen molar-refractivity contribution in [2.24, 2.45) is 0 Å². The third-order valence-electron chi connectivity index (χ3n) is 1.70. The van der Waals surface area contributed by atoms with Gasteiger partial charge in [0, 0.05) is 29.0 Å². The van der Waals surface area contributed by atoms with Crippen molar-refractivity contribution in [3.63, 3.8) is 0 Å². The molecule has 0 bridgehead atoms. The largest absolute Gasteiger partial charge is 0.384 e. The van der Waals surface area contributed by atoms with Gasteiger partial charge in [-0.1, -0.05) is 27.9 Å². The van der Waals surface area contributed by atoms with E-state index in [1.54, 1.807) is 6.07 Å². The van der Waals surface area contributed by atoms with Crippen molar-refractivity contribution in [3.05, 3.63) is 21.8 Å². The number of nitrogens with two attached hydrogens (primary N) is 1. The number of nitrogen functional groups attached to an aromatic ring is 1. The van der Waals surface area contributed by atoms with Crippen LogP contribution >= 0.6 is 34.9 Å². The maximum atomic E-state index is 5.88. The molecule has 0 aliphatic rings. The Bertz CT molecular complexity index is 481. The van der Waals surface area contributed by atoms with E-state index in [9.17, 15) is 0 Å². The van der Waals surface area contributed by atoms with Gasteiger partial charge in [-0.05, 0) is 6.92 Å². The highest BCUT2D eigenvalue weighted by Crippen LogP contribution is 2.25. The van der Waals surface area contributed by atoms with Crippen molar-refractivity contribution in [1.82, 2.24) is 19.6 Å². The number of nitrogens with zero attached hydrogens (tertiary/aromatic N) is 4. The molecular weight excluding hydrogens is 266 g/mol. The Balaban J connectivity index is 2.07. The molecule has 0 amide bonds. The molecular formula is C8H8ClN5S2. The van der Waals surface area contributed by atoms with Crippen LogP contribution in [0.25, 0.3) is 0 Å². The Morgan fingerprint density at radius 2 is 2.31 bits per heavy atom. The molecule has 0 atom stereocenters. The average Bonchev–Trinajstić information content (AvgIpc) is 2.59. The smallest absolute Gasteiger partial charge is 0.190 e. The molecule has 0 fully saturated rings. The molecule has 84 valence electrons. The third-order valence-corrected chi connectivity index (χ3v) is 3.54. The van der Waals surface area contributed by atoms with Gasteiger partial charge in [-0.25, -0.2) is 9.97 Å². The SMILES string of the molecule is Cc1cc(N)nc(SCc2nnsc2Cl)n1. The van der Waals surface area contributed by atoms with Gasteiger partial charge < -0.3 is 5.73 Å². The minimum Gasteiger partial charge on any atom is -0.384 e. The van der Waals surface area contributed by atoms with Gasteiger partial charge in [0.05, 0.1) is 0 Å². The highest BCUT2D eigenvalue weighted by molar-refractivity contribution is 7.98. The molecule has 0 radical (unpaired) electrons. The van der Waals surface area contributed by atoms with Crippen LogP contribution in [0.2, 0.25) is 4.34 Å². The molecule has 0 aliphatic carbocycles. The van der Waals surface area contributed by atoms with E-state index >= 15 is 0 Å².